The fraction of sp³-hybridized carbons (Fsp3) is 0.316. The Hall–Kier alpha value is -2.43. The maximum atomic E-state index is 14.1. The number of halogens is 2. The van der Waals surface area contributed by atoms with Gasteiger partial charge in [-0.15, -0.1) is 0 Å². The summed E-state index contributed by atoms with van der Waals surface area (Å²) in [6.07, 6.45) is 1.68. The standard InChI is InChI=1S/C19H23F2N3/c1-6-23(4)12-22-18-10-16(21)11-19(14(18)3)24(5)17-8-13(2)7-15(20)9-17/h7-12H,6H2,1-5H3. The molecule has 0 aliphatic heterocycles. The number of hydrogen-bond donors (Lipinski definition) is 0. The minimum absolute atomic E-state index is 0.311. The second kappa shape index (κ2) is 7.43. The van der Waals surface area contributed by atoms with E-state index in [1.807, 2.05) is 38.8 Å². The maximum absolute atomic E-state index is 14.1. The molecule has 0 atom stereocenters. The lowest BCUT2D eigenvalue weighted by atomic mass is 10.1. The summed E-state index contributed by atoms with van der Waals surface area (Å²) in [5.41, 5.74) is 3.54. The van der Waals surface area contributed by atoms with Crippen LogP contribution in [0.5, 0.6) is 0 Å². The number of rotatable bonds is 5. The quantitative estimate of drug-likeness (QED) is 0.569. The molecule has 0 fully saturated rings. The van der Waals surface area contributed by atoms with Gasteiger partial charge < -0.3 is 9.80 Å². The maximum Gasteiger partial charge on any atom is 0.127 e. The summed E-state index contributed by atoms with van der Waals surface area (Å²) in [6, 6.07) is 7.61. The number of aliphatic imine (C=N–C) groups is 1. The van der Waals surface area contributed by atoms with Crippen molar-refractivity contribution in [1.29, 1.82) is 0 Å². The lowest BCUT2D eigenvalue weighted by molar-refractivity contribution is 0.552. The molecule has 0 bridgehead atoms. The molecule has 0 aliphatic rings. The van der Waals surface area contributed by atoms with Gasteiger partial charge in [-0.25, -0.2) is 13.8 Å². The highest BCUT2D eigenvalue weighted by molar-refractivity contribution is 5.73. The molecule has 0 N–H and O–H groups in total. The third-order valence-electron chi connectivity index (χ3n) is 3.99. The van der Waals surface area contributed by atoms with Crippen LogP contribution in [0.3, 0.4) is 0 Å². The first-order valence-electron chi connectivity index (χ1n) is 7.87. The summed E-state index contributed by atoms with van der Waals surface area (Å²) in [7, 11) is 3.70. The molecule has 0 heterocycles. The number of hydrogen-bond acceptors (Lipinski definition) is 2. The van der Waals surface area contributed by atoms with Gasteiger partial charge in [0.05, 0.1) is 12.0 Å². The predicted molar refractivity (Wildman–Crippen MR) is 96.8 cm³/mol. The smallest absolute Gasteiger partial charge is 0.127 e. The van der Waals surface area contributed by atoms with Gasteiger partial charge in [0.15, 0.2) is 0 Å². The average molecular weight is 331 g/mol. The van der Waals surface area contributed by atoms with Crippen molar-refractivity contribution in [2.24, 2.45) is 4.99 Å². The molecule has 2 rings (SSSR count). The minimum Gasteiger partial charge on any atom is -0.366 e. The summed E-state index contributed by atoms with van der Waals surface area (Å²) < 4.78 is 27.7. The zero-order chi connectivity index (χ0) is 17.9. The lowest BCUT2D eigenvalue weighted by Gasteiger charge is -2.23. The Bertz CT molecular complexity index is 736. The molecule has 128 valence electrons. The number of aryl methyl sites for hydroxylation is 1. The van der Waals surface area contributed by atoms with E-state index in [1.165, 1.54) is 24.3 Å². The highest BCUT2D eigenvalue weighted by Crippen LogP contribution is 2.34. The van der Waals surface area contributed by atoms with Crippen LogP contribution >= 0.6 is 0 Å². The van der Waals surface area contributed by atoms with E-state index in [0.29, 0.717) is 17.1 Å². The first-order valence-corrected chi connectivity index (χ1v) is 7.87. The Morgan fingerprint density at radius 1 is 1.00 bits per heavy atom. The average Bonchev–Trinajstić information content (AvgIpc) is 2.53. The van der Waals surface area contributed by atoms with Crippen molar-refractivity contribution in [3.8, 4) is 0 Å². The second-order valence-electron chi connectivity index (χ2n) is 5.93. The van der Waals surface area contributed by atoms with Crippen molar-refractivity contribution in [3.05, 3.63) is 53.1 Å². The summed E-state index contributed by atoms with van der Waals surface area (Å²) in [5, 5.41) is 0. The normalized spacial score (nSPS) is 11.1. The van der Waals surface area contributed by atoms with E-state index in [0.717, 1.165) is 17.7 Å². The topological polar surface area (TPSA) is 18.8 Å². The van der Waals surface area contributed by atoms with Crippen molar-refractivity contribution in [2.75, 3.05) is 25.5 Å². The Balaban J connectivity index is 2.46. The molecule has 3 nitrogen and oxygen atoms in total. The molecule has 0 aliphatic carbocycles. The first kappa shape index (κ1) is 17.9. The molecule has 24 heavy (non-hydrogen) atoms. The predicted octanol–water partition coefficient (Wildman–Crippen LogP) is 4.96. The van der Waals surface area contributed by atoms with E-state index < -0.39 is 0 Å². The molecular weight excluding hydrogens is 308 g/mol. The van der Waals surface area contributed by atoms with Gasteiger partial charge >= 0.3 is 0 Å². The molecule has 0 saturated heterocycles. The van der Waals surface area contributed by atoms with Crippen LogP contribution in [0.2, 0.25) is 0 Å². The highest BCUT2D eigenvalue weighted by atomic mass is 19.1. The van der Waals surface area contributed by atoms with Crippen molar-refractivity contribution >= 4 is 23.4 Å². The van der Waals surface area contributed by atoms with Gasteiger partial charge in [0.1, 0.15) is 11.6 Å². The third kappa shape index (κ3) is 4.10. The van der Waals surface area contributed by atoms with Gasteiger partial charge in [0.25, 0.3) is 0 Å². The van der Waals surface area contributed by atoms with Crippen LogP contribution in [0.15, 0.2) is 35.3 Å². The van der Waals surface area contributed by atoms with Gasteiger partial charge in [-0.2, -0.15) is 0 Å². The summed E-state index contributed by atoms with van der Waals surface area (Å²) in [5.74, 6) is -0.685. The molecule has 0 spiro atoms. The van der Waals surface area contributed by atoms with Gasteiger partial charge in [-0.3, -0.25) is 0 Å². The monoisotopic (exact) mass is 331 g/mol. The molecule has 0 amide bonds. The van der Waals surface area contributed by atoms with Crippen molar-refractivity contribution < 1.29 is 8.78 Å². The van der Waals surface area contributed by atoms with E-state index in [4.69, 9.17) is 0 Å². The van der Waals surface area contributed by atoms with Crippen molar-refractivity contribution in [2.45, 2.75) is 20.8 Å². The second-order valence-corrected chi connectivity index (χ2v) is 5.93. The summed E-state index contributed by atoms with van der Waals surface area (Å²) in [6.45, 7) is 6.54. The molecule has 5 heteroatoms. The molecule has 0 saturated carbocycles. The molecule has 2 aromatic carbocycles. The van der Waals surface area contributed by atoms with E-state index >= 15 is 0 Å². The number of nitrogens with zero attached hydrogens (tertiary/aromatic N) is 3. The van der Waals surface area contributed by atoms with E-state index in [1.54, 1.807) is 18.3 Å². The Morgan fingerprint density at radius 2 is 1.67 bits per heavy atom. The van der Waals surface area contributed by atoms with Gasteiger partial charge in [-0.05, 0) is 62.2 Å². The third-order valence-corrected chi connectivity index (χ3v) is 3.99. The van der Waals surface area contributed by atoms with Gasteiger partial charge in [-0.1, -0.05) is 0 Å². The van der Waals surface area contributed by atoms with Crippen molar-refractivity contribution in [1.82, 2.24) is 4.90 Å². The van der Waals surface area contributed by atoms with Crippen molar-refractivity contribution in [3.63, 3.8) is 0 Å². The van der Waals surface area contributed by atoms with Crippen LogP contribution in [-0.4, -0.2) is 31.9 Å². The van der Waals surface area contributed by atoms with E-state index in [-0.39, 0.29) is 11.6 Å². The van der Waals surface area contributed by atoms with Crippen LogP contribution in [-0.2, 0) is 0 Å². The van der Waals surface area contributed by atoms with Crippen LogP contribution in [0, 0.1) is 25.5 Å². The zero-order valence-electron chi connectivity index (χ0n) is 14.8. The fourth-order valence-corrected chi connectivity index (χ4v) is 2.43. The largest absolute Gasteiger partial charge is 0.366 e. The molecular formula is C19H23F2N3. The molecule has 0 aromatic heterocycles. The number of anilines is 2. The molecule has 0 radical (unpaired) electrons. The summed E-state index contributed by atoms with van der Waals surface area (Å²) in [4.78, 5) is 8.05. The number of benzene rings is 2. The van der Waals surface area contributed by atoms with Crippen LogP contribution < -0.4 is 4.90 Å². The highest BCUT2D eigenvalue weighted by Gasteiger charge is 2.13. The first-order chi connectivity index (χ1) is 11.3. The zero-order valence-corrected chi connectivity index (χ0v) is 14.8. The molecule has 2 aromatic rings. The lowest BCUT2D eigenvalue weighted by Crippen LogP contribution is -2.14. The van der Waals surface area contributed by atoms with Crippen LogP contribution in [0.1, 0.15) is 18.1 Å². The molecule has 0 unspecified atom stereocenters. The van der Waals surface area contributed by atoms with E-state index in [9.17, 15) is 8.78 Å². The Morgan fingerprint density at radius 3 is 2.29 bits per heavy atom. The Labute approximate surface area is 142 Å². The van der Waals surface area contributed by atoms with Crippen LogP contribution in [0.4, 0.5) is 25.8 Å². The minimum atomic E-state index is -0.373. The van der Waals surface area contributed by atoms with Gasteiger partial charge in [0.2, 0.25) is 0 Å². The van der Waals surface area contributed by atoms with Crippen LogP contribution in [0.25, 0.3) is 0 Å². The van der Waals surface area contributed by atoms with Gasteiger partial charge in [0, 0.05) is 32.0 Å². The SMILES string of the molecule is CCN(C)C=Nc1cc(F)cc(N(C)c2cc(C)cc(F)c2)c1C. The Kier molecular flexibility index (Phi) is 5.54. The summed E-state index contributed by atoms with van der Waals surface area (Å²) >= 11 is 0. The van der Waals surface area contributed by atoms with E-state index in [2.05, 4.69) is 4.99 Å². The fourth-order valence-electron chi connectivity index (χ4n) is 2.43.